The Bertz CT molecular complexity index is 1270. The monoisotopic (exact) mass is 425 g/mol. The first-order valence-corrected chi connectivity index (χ1v) is 10.5. The van der Waals surface area contributed by atoms with Gasteiger partial charge in [-0.2, -0.15) is 0 Å². The number of nitrogens with zero attached hydrogens (tertiary/aromatic N) is 1. The molecule has 0 unspecified atom stereocenters. The van der Waals surface area contributed by atoms with Crippen LogP contribution in [0.5, 0.6) is 0 Å². The third kappa shape index (κ3) is 3.60. The maximum Gasteiger partial charge on any atom is 0.196 e. The normalized spacial score (nSPS) is 12.7. The summed E-state index contributed by atoms with van der Waals surface area (Å²) in [4.78, 5) is 41.9. The van der Waals surface area contributed by atoms with Gasteiger partial charge in [0.05, 0.1) is 28.2 Å². The molecular weight excluding hydrogens is 402 g/mol. The summed E-state index contributed by atoms with van der Waals surface area (Å²) in [7, 11) is 0. The van der Waals surface area contributed by atoms with Crippen LogP contribution in [0.4, 0.5) is 17.1 Å². The number of aryl methyl sites for hydroxylation is 1. The van der Waals surface area contributed by atoms with Crippen molar-refractivity contribution in [3.63, 3.8) is 0 Å². The molecule has 0 aromatic heterocycles. The molecule has 4 N–H and O–H groups in total. The molecule has 0 spiro atoms. The zero-order valence-electron chi connectivity index (χ0n) is 17.7. The Morgan fingerprint density at radius 1 is 0.812 bits per heavy atom. The van der Waals surface area contributed by atoms with Crippen molar-refractivity contribution in [2.75, 3.05) is 11.5 Å². The van der Waals surface area contributed by atoms with Crippen LogP contribution >= 0.6 is 0 Å². The van der Waals surface area contributed by atoms with Gasteiger partial charge in [-0.05, 0) is 48.7 Å². The first kappa shape index (κ1) is 21.2. The van der Waals surface area contributed by atoms with Crippen molar-refractivity contribution in [2.24, 2.45) is 4.99 Å². The summed E-state index contributed by atoms with van der Waals surface area (Å²) in [5.74, 6) is -0.819. The minimum Gasteiger partial charge on any atom is -0.398 e. The Morgan fingerprint density at radius 3 is 1.94 bits per heavy atom. The summed E-state index contributed by atoms with van der Waals surface area (Å²) in [6.07, 6.45) is 5.48. The number of hydrogen-bond acceptors (Lipinski definition) is 6. The quantitative estimate of drug-likeness (QED) is 0.267. The molecule has 0 heterocycles. The highest BCUT2D eigenvalue weighted by Gasteiger charge is 2.34. The number of carbonyl (C=O) groups excluding carboxylic acids is 3. The second kappa shape index (κ2) is 8.59. The van der Waals surface area contributed by atoms with E-state index in [9.17, 15) is 14.4 Å². The van der Waals surface area contributed by atoms with Crippen LogP contribution in [0.2, 0.25) is 0 Å². The summed E-state index contributed by atoms with van der Waals surface area (Å²) >= 11 is 0. The molecule has 3 aromatic rings. The first-order chi connectivity index (χ1) is 15.5. The van der Waals surface area contributed by atoms with E-state index in [1.807, 2.05) is 12.1 Å². The van der Waals surface area contributed by atoms with Gasteiger partial charge in [-0.15, -0.1) is 0 Å². The van der Waals surface area contributed by atoms with Crippen molar-refractivity contribution in [1.82, 2.24) is 0 Å². The zero-order valence-corrected chi connectivity index (χ0v) is 17.7. The van der Waals surface area contributed by atoms with Gasteiger partial charge in [0.15, 0.2) is 17.9 Å². The van der Waals surface area contributed by atoms with Gasteiger partial charge in [0.2, 0.25) is 0 Å². The minimum atomic E-state index is -0.423. The average molecular weight is 425 g/mol. The molecule has 32 heavy (non-hydrogen) atoms. The molecule has 3 aromatic carbocycles. The van der Waals surface area contributed by atoms with E-state index in [0.29, 0.717) is 11.8 Å². The van der Waals surface area contributed by atoms with Crippen LogP contribution in [0.1, 0.15) is 73.1 Å². The summed E-state index contributed by atoms with van der Waals surface area (Å²) in [6, 6.07) is 14.1. The van der Waals surface area contributed by atoms with Crippen molar-refractivity contribution in [2.45, 2.75) is 26.2 Å². The fraction of sp³-hybridized carbons (Fsp3) is 0.154. The van der Waals surface area contributed by atoms with Crippen LogP contribution in [0, 0.1) is 0 Å². The SMILES string of the molecule is CCCCc1ccc(N=Cc2ccc3c(c2N)C(=O)c2ccc(C=O)c(N)c2C3=O)cc1. The molecule has 0 saturated heterocycles. The maximum absolute atomic E-state index is 13.2. The van der Waals surface area contributed by atoms with Gasteiger partial charge >= 0.3 is 0 Å². The Morgan fingerprint density at radius 2 is 1.38 bits per heavy atom. The number of unbranched alkanes of at least 4 members (excludes halogenated alkanes) is 1. The van der Waals surface area contributed by atoms with Crippen LogP contribution in [0.25, 0.3) is 0 Å². The van der Waals surface area contributed by atoms with Crippen LogP contribution in [0.15, 0.2) is 53.5 Å². The van der Waals surface area contributed by atoms with Gasteiger partial charge in [-0.25, -0.2) is 0 Å². The van der Waals surface area contributed by atoms with Gasteiger partial charge < -0.3 is 11.5 Å². The summed E-state index contributed by atoms with van der Waals surface area (Å²) in [5.41, 5.74) is 15.7. The topological polar surface area (TPSA) is 116 Å². The number of fused-ring (bicyclic) bond motifs is 2. The van der Waals surface area contributed by atoms with Gasteiger partial charge in [-0.1, -0.05) is 31.5 Å². The maximum atomic E-state index is 13.2. The number of aliphatic imine (C=N–C) groups is 1. The van der Waals surface area contributed by atoms with Crippen molar-refractivity contribution in [3.05, 3.63) is 87.5 Å². The number of anilines is 2. The van der Waals surface area contributed by atoms with Crippen molar-refractivity contribution < 1.29 is 14.4 Å². The number of nitrogen functional groups attached to an aromatic ring is 2. The molecule has 0 fully saturated rings. The molecule has 0 bridgehead atoms. The highest BCUT2D eigenvalue weighted by Crippen LogP contribution is 2.35. The highest BCUT2D eigenvalue weighted by molar-refractivity contribution is 6.32. The van der Waals surface area contributed by atoms with E-state index in [1.165, 1.54) is 17.7 Å². The molecule has 0 amide bonds. The van der Waals surface area contributed by atoms with E-state index in [2.05, 4.69) is 24.0 Å². The van der Waals surface area contributed by atoms with Gasteiger partial charge in [0.25, 0.3) is 0 Å². The predicted molar refractivity (Wildman–Crippen MR) is 126 cm³/mol. The molecule has 1 aliphatic rings. The number of carbonyl (C=O) groups is 3. The Kier molecular flexibility index (Phi) is 5.69. The lowest BCUT2D eigenvalue weighted by Gasteiger charge is -2.21. The van der Waals surface area contributed by atoms with E-state index in [4.69, 9.17) is 11.5 Å². The third-order valence-corrected chi connectivity index (χ3v) is 5.74. The third-order valence-electron chi connectivity index (χ3n) is 5.74. The average Bonchev–Trinajstić information content (AvgIpc) is 2.80. The van der Waals surface area contributed by atoms with Crippen LogP contribution in [-0.4, -0.2) is 24.1 Å². The smallest absolute Gasteiger partial charge is 0.196 e. The summed E-state index contributed by atoms with van der Waals surface area (Å²) < 4.78 is 0. The Balaban J connectivity index is 1.68. The highest BCUT2D eigenvalue weighted by atomic mass is 16.1. The van der Waals surface area contributed by atoms with Crippen LogP contribution in [-0.2, 0) is 6.42 Å². The van der Waals surface area contributed by atoms with Gasteiger partial charge in [0, 0.05) is 28.5 Å². The molecule has 0 saturated carbocycles. The summed E-state index contributed by atoms with van der Waals surface area (Å²) in [5, 5.41) is 0. The van der Waals surface area contributed by atoms with E-state index >= 15 is 0 Å². The van der Waals surface area contributed by atoms with E-state index in [-0.39, 0.29) is 39.2 Å². The second-order valence-electron chi connectivity index (χ2n) is 7.79. The van der Waals surface area contributed by atoms with E-state index < -0.39 is 11.6 Å². The standard InChI is InChI=1S/C26H23N3O3/c1-2-3-4-15-5-9-18(10-6-15)29-13-16-7-11-19-21(23(16)27)25(31)20-12-8-17(14-30)24(28)22(20)26(19)32/h5-14H,2-4,27-28H2,1H3. The first-order valence-electron chi connectivity index (χ1n) is 10.5. The minimum absolute atomic E-state index is 0.00749. The van der Waals surface area contributed by atoms with Crippen molar-refractivity contribution in [3.8, 4) is 0 Å². The lowest BCUT2D eigenvalue weighted by atomic mass is 9.81. The molecule has 0 aliphatic heterocycles. The van der Waals surface area contributed by atoms with Crippen LogP contribution < -0.4 is 11.5 Å². The van der Waals surface area contributed by atoms with Gasteiger partial charge in [-0.3, -0.25) is 19.4 Å². The molecule has 1 aliphatic carbocycles. The molecule has 0 radical (unpaired) electrons. The fourth-order valence-electron chi connectivity index (χ4n) is 3.90. The molecule has 6 heteroatoms. The Hall–Kier alpha value is -4.06. The lowest BCUT2D eigenvalue weighted by Crippen LogP contribution is -2.25. The zero-order chi connectivity index (χ0) is 22.8. The van der Waals surface area contributed by atoms with E-state index in [1.54, 1.807) is 18.3 Å². The number of rotatable bonds is 6. The van der Waals surface area contributed by atoms with Crippen molar-refractivity contribution in [1.29, 1.82) is 0 Å². The van der Waals surface area contributed by atoms with Gasteiger partial charge in [0.1, 0.15) is 0 Å². The number of hydrogen-bond donors (Lipinski definition) is 2. The fourth-order valence-corrected chi connectivity index (χ4v) is 3.90. The molecule has 0 atom stereocenters. The molecule has 4 rings (SSSR count). The number of nitrogens with two attached hydrogens (primary N) is 2. The molecule has 6 nitrogen and oxygen atoms in total. The van der Waals surface area contributed by atoms with Crippen molar-refractivity contribution >= 4 is 41.1 Å². The lowest BCUT2D eigenvalue weighted by molar-refractivity contribution is 0.0980. The summed E-state index contributed by atoms with van der Waals surface area (Å²) in [6.45, 7) is 2.16. The molecule has 160 valence electrons. The number of aldehydes is 1. The second-order valence-corrected chi connectivity index (χ2v) is 7.79. The Labute approximate surface area is 186 Å². The predicted octanol–water partition coefficient (Wildman–Crippen LogP) is 4.53. The number of ketones is 2. The molecular formula is C26H23N3O3. The number of benzene rings is 3. The largest absolute Gasteiger partial charge is 0.398 e. The van der Waals surface area contributed by atoms with E-state index in [0.717, 1.165) is 24.9 Å². The van der Waals surface area contributed by atoms with Crippen LogP contribution in [0.3, 0.4) is 0 Å².